The van der Waals surface area contributed by atoms with Gasteiger partial charge in [0.2, 0.25) is 0 Å². The van der Waals surface area contributed by atoms with Gasteiger partial charge in [0.15, 0.2) is 11.5 Å². The Kier molecular flexibility index (Phi) is 8.14. The highest BCUT2D eigenvalue weighted by Gasteiger charge is 2.46. The molecule has 2 aromatic rings. The number of amides is 1. The molecule has 2 heterocycles. The van der Waals surface area contributed by atoms with Crippen LogP contribution < -0.4 is 9.47 Å². The van der Waals surface area contributed by atoms with Crippen LogP contribution in [0.3, 0.4) is 0 Å². The summed E-state index contributed by atoms with van der Waals surface area (Å²) in [5, 5.41) is 21.8. The number of hydrogen-bond donors (Lipinski definition) is 2. The van der Waals surface area contributed by atoms with E-state index in [4.69, 9.17) is 9.47 Å². The smallest absolute Gasteiger partial charge is 0.295 e. The van der Waals surface area contributed by atoms with Gasteiger partial charge in [-0.3, -0.25) is 9.59 Å². The Hall–Kier alpha value is -3.04. The van der Waals surface area contributed by atoms with Crippen molar-refractivity contribution in [3.8, 4) is 17.2 Å². The molecule has 1 saturated heterocycles. The van der Waals surface area contributed by atoms with Crippen LogP contribution in [0.2, 0.25) is 0 Å². The fourth-order valence-electron chi connectivity index (χ4n) is 5.09. The lowest BCUT2D eigenvalue weighted by Crippen LogP contribution is -2.33. The van der Waals surface area contributed by atoms with Crippen molar-refractivity contribution in [1.29, 1.82) is 0 Å². The second kappa shape index (κ2) is 11.1. The minimum absolute atomic E-state index is 0.0133. The van der Waals surface area contributed by atoms with Gasteiger partial charge >= 0.3 is 0 Å². The number of likely N-dealkylation sites (tertiary alicyclic amines) is 1. The maximum absolute atomic E-state index is 13.4. The molecule has 2 unspecified atom stereocenters. The summed E-state index contributed by atoms with van der Waals surface area (Å²) in [7, 11) is 1.43. The van der Waals surface area contributed by atoms with Crippen molar-refractivity contribution >= 4 is 33.4 Å². The number of fused-ring (bicyclic) bond motifs is 1. The summed E-state index contributed by atoms with van der Waals surface area (Å²) in [6.45, 7) is 9.02. The Morgan fingerprint density at radius 1 is 1.22 bits per heavy atom. The number of phenols is 1. The van der Waals surface area contributed by atoms with Crippen LogP contribution in [0.15, 0.2) is 40.4 Å². The zero-order chi connectivity index (χ0) is 26.9. The summed E-state index contributed by atoms with van der Waals surface area (Å²) in [5.41, 5.74) is 1.95. The van der Waals surface area contributed by atoms with E-state index in [1.807, 2.05) is 13.0 Å². The standard InChI is InChI=1S/C28H33BrN2O6/c1-5-30(6-2)10-7-11-31-24(19-14-20(29)26(33)22(15-19)36-4)23(27(34)28(31)35)25(32)17-8-9-21-18(13-17)12-16(3)37-21/h8-9,13-16,24,32-33H,5-7,10-12H2,1-4H3/b25-23-. The van der Waals surface area contributed by atoms with Crippen molar-refractivity contribution in [1.82, 2.24) is 9.80 Å². The number of nitrogens with zero attached hydrogens (tertiary/aromatic N) is 2. The van der Waals surface area contributed by atoms with Gasteiger partial charge in [0, 0.05) is 18.5 Å². The van der Waals surface area contributed by atoms with E-state index in [2.05, 4.69) is 34.7 Å². The van der Waals surface area contributed by atoms with Crippen LogP contribution in [0.4, 0.5) is 0 Å². The van der Waals surface area contributed by atoms with Crippen LogP contribution >= 0.6 is 15.9 Å². The molecule has 1 fully saturated rings. The number of Topliss-reactive ketones (excluding diaryl/α,β-unsaturated/α-hetero) is 1. The molecule has 0 aliphatic carbocycles. The first kappa shape index (κ1) is 27.0. The molecular weight excluding hydrogens is 540 g/mol. The summed E-state index contributed by atoms with van der Waals surface area (Å²) < 4.78 is 11.5. The Labute approximate surface area is 225 Å². The number of aliphatic hydroxyl groups excluding tert-OH is 1. The third-order valence-corrected chi connectivity index (χ3v) is 7.67. The topological polar surface area (TPSA) is 99.5 Å². The van der Waals surface area contributed by atoms with Gasteiger partial charge in [-0.25, -0.2) is 0 Å². The number of halogens is 1. The highest BCUT2D eigenvalue weighted by molar-refractivity contribution is 9.10. The number of rotatable bonds is 9. The fraction of sp³-hybridized carbons (Fsp3) is 0.429. The zero-order valence-corrected chi connectivity index (χ0v) is 23.2. The van der Waals surface area contributed by atoms with E-state index < -0.39 is 17.7 Å². The maximum Gasteiger partial charge on any atom is 0.295 e. The average Bonchev–Trinajstić information content (AvgIpc) is 3.38. The number of hydrogen-bond acceptors (Lipinski definition) is 7. The molecule has 1 amide bonds. The monoisotopic (exact) mass is 572 g/mol. The molecule has 9 heteroatoms. The second-order valence-corrected chi connectivity index (χ2v) is 10.2. The van der Waals surface area contributed by atoms with E-state index in [-0.39, 0.29) is 28.9 Å². The van der Waals surface area contributed by atoms with Gasteiger partial charge in [-0.1, -0.05) is 13.8 Å². The molecule has 0 spiro atoms. The third kappa shape index (κ3) is 5.20. The van der Waals surface area contributed by atoms with Crippen LogP contribution in [0, 0.1) is 0 Å². The van der Waals surface area contributed by atoms with E-state index in [1.165, 1.54) is 12.0 Å². The zero-order valence-electron chi connectivity index (χ0n) is 21.6. The Morgan fingerprint density at radius 3 is 2.62 bits per heavy atom. The summed E-state index contributed by atoms with van der Waals surface area (Å²) >= 11 is 3.35. The van der Waals surface area contributed by atoms with E-state index in [0.29, 0.717) is 35.0 Å². The lowest BCUT2D eigenvalue weighted by molar-refractivity contribution is -0.140. The predicted molar refractivity (Wildman–Crippen MR) is 144 cm³/mol. The van der Waals surface area contributed by atoms with Crippen molar-refractivity contribution < 1.29 is 29.3 Å². The molecule has 4 rings (SSSR count). The predicted octanol–water partition coefficient (Wildman–Crippen LogP) is 4.64. The first-order valence-corrected chi connectivity index (χ1v) is 13.4. The minimum atomic E-state index is -0.842. The van der Waals surface area contributed by atoms with Gasteiger partial charge in [-0.15, -0.1) is 0 Å². The third-order valence-electron chi connectivity index (χ3n) is 7.06. The maximum atomic E-state index is 13.4. The molecule has 8 nitrogen and oxygen atoms in total. The summed E-state index contributed by atoms with van der Waals surface area (Å²) in [5.74, 6) is -0.769. The van der Waals surface area contributed by atoms with Gasteiger partial charge in [-0.2, -0.15) is 0 Å². The molecule has 0 aromatic heterocycles. The number of methoxy groups -OCH3 is 1. The summed E-state index contributed by atoms with van der Waals surface area (Å²) in [4.78, 5) is 30.4. The number of ether oxygens (including phenoxy) is 2. The van der Waals surface area contributed by atoms with Gasteiger partial charge in [0.05, 0.1) is 23.2 Å². The second-order valence-electron chi connectivity index (χ2n) is 9.38. The normalized spacial score (nSPS) is 20.4. The van der Waals surface area contributed by atoms with E-state index in [9.17, 15) is 19.8 Å². The van der Waals surface area contributed by atoms with Gasteiger partial charge in [0.25, 0.3) is 11.7 Å². The number of aliphatic hydroxyl groups is 1. The molecule has 2 aromatic carbocycles. The van der Waals surface area contributed by atoms with Crippen molar-refractivity contribution in [2.24, 2.45) is 0 Å². The van der Waals surface area contributed by atoms with Crippen LogP contribution in [0.5, 0.6) is 17.2 Å². The van der Waals surface area contributed by atoms with Crippen molar-refractivity contribution in [2.45, 2.75) is 45.8 Å². The number of benzene rings is 2. The van der Waals surface area contributed by atoms with Crippen LogP contribution in [-0.2, 0) is 16.0 Å². The first-order chi connectivity index (χ1) is 17.7. The molecule has 2 N–H and O–H groups in total. The highest BCUT2D eigenvalue weighted by Crippen LogP contribution is 2.44. The number of carbonyl (C=O) groups excluding carboxylic acids is 2. The molecule has 2 aliphatic rings. The summed E-state index contributed by atoms with van der Waals surface area (Å²) in [6, 6.07) is 7.70. The number of aromatic hydroxyl groups is 1. The molecule has 2 aliphatic heterocycles. The van der Waals surface area contributed by atoms with E-state index in [1.54, 1.807) is 24.3 Å². The van der Waals surface area contributed by atoms with E-state index in [0.717, 1.165) is 30.9 Å². The molecule has 198 valence electrons. The van der Waals surface area contributed by atoms with Gasteiger partial charge in [-0.05, 0) is 90.4 Å². The SMILES string of the molecule is CCN(CC)CCCN1C(=O)C(=O)/C(=C(\O)c2ccc3c(c2)CC(C)O3)C1c1cc(Br)c(O)c(OC)c1. The molecule has 0 radical (unpaired) electrons. The molecule has 37 heavy (non-hydrogen) atoms. The Morgan fingerprint density at radius 2 is 1.95 bits per heavy atom. The number of phenolic OH excluding ortho intramolecular Hbond substituents is 1. The highest BCUT2D eigenvalue weighted by atomic mass is 79.9. The molecule has 0 bridgehead atoms. The van der Waals surface area contributed by atoms with Crippen LogP contribution in [0.1, 0.15) is 49.9 Å². The van der Waals surface area contributed by atoms with Crippen molar-refractivity contribution in [2.75, 3.05) is 33.3 Å². The van der Waals surface area contributed by atoms with Gasteiger partial charge < -0.3 is 29.5 Å². The Bertz CT molecular complexity index is 1240. The number of ketones is 1. The minimum Gasteiger partial charge on any atom is -0.507 e. The number of carbonyl (C=O) groups is 2. The van der Waals surface area contributed by atoms with Gasteiger partial charge in [0.1, 0.15) is 17.6 Å². The fourth-order valence-corrected chi connectivity index (χ4v) is 5.55. The van der Waals surface area contributed by atoms with Crippen molar-refractivity contribution in [3.63, 3.8) is 0 Å². The summed E-state index contributed by atoms with van der Waals surface area (Å²) in [6.07, 6.45) is 1.39. The van der Waals surface area contributed by atoms with E-state index >= 15 is 0 Å². The lowest BCUT2D eigenvalue weighted by Gasteiger charge is -2.27. The Balaban J connectivity index is 1.80. The quantitative estimate of drug-likeness (QED) is 0.256. The lowest BCUT2D eigenvalue weighted by atomic mass is 9.94. The molecular formula is C28H33BrN2O6. The average molecular weight is 573 g/mol. The van der Waals surface area contributed by atoms with Crippen LogP contribution in [-0.4, -0.2) is 71.1 Å². The van der Waals surface area contributed by atoms with Crippen LogP contribution in [0.25, 0.3) is 5.76 Å². The largest absolute Gasteiger partial charge is 0.507 e. The van der Waals surface area contributed by atoms with Crippen molar-refractivity contribution in [3.05, 3.63) is 57.1 Å². The first-order valence-electron chi connectivity index (χ1n) is 12.6. The molecule has 2 atom stereocenters. The molecule has 0 saturated carbocycles.